The molecule has 232 valence electrons. The summed E-state index contributed by atoms with van der Waals surface area (Å²) in [5, 5.41) is 15.7. The van der Waals surface area contributed by atoms with Crippen molar-refractivity contribution < 1.29 is 14.3 Å². The predicted octanol–water partition coefficient (Wildman–Crippen LogP) is 5.17. The molecule has 0 radical (unpaired) electrons. The van der Waals surface area contributed by atoms with Crippen molar-refractivity contribution in [3.05, 3.63) is 52.7 Å². The van der Waals surface area contributed by atoms with Gasteiger partial charge in [-0.15, -0.1) is 0 Å². The van der Waals surface area contributed by atoms with Crippen molar-refractivity contribution in [3.63, 3.8) is 0 Å². The van der Waals surface area contributed by atoms with E-state index in [1.54, 1.807) is 4.90 Å². The zero-order valence-corrected chi connectivity index (χ0v) is 26.4. The third-order valence-electron chi connectivity index (χ3n) is 8.47. The molecule has 2 aromatic carbocycles. The SMILES string of the molecule is CC(C)(C)OC(=O)N1CC[C@@H](COc2nc3c(c(N4CCN[C@@H](CC#N)C4)n2)CCN(c2cccc4cccc(Cl)c24)C3)C1. The number of fused-ring (bicyclic) bond motifs is 2. The van der Waals surface area contributed by atoms with Crippen LogP contribution in [0, 0.1) is 17.2 Å². The van der Waals surface area contributed by atoms with Crippen LogP contribution in [0.25, 0.3) is 10.8 Å². The monoisotopic (exact) mass is 617 g/mol. The Morgan fingerprint density at radius 3 is 2.73 bits per heavy atom. The predicted molar refractivity (Wildman–Crippen MR) is 171 cm³/mol. The summed E-state index contributed by atoms with van der Waals surface area (Å²) in [6, 6.07) is 15.0. The molecule has 6 rings (SSSR count). The third kappa shape index (κ3) is 6.64. The highest BCUT2D eigenvalue weighted by molar-refractivity contribution is 6.36. The van der Waals surface area contributed by atoms with Crippen molar-refractivity contribution >= 4 is 40.0 Å². The van der Waals surface area contributed by atoms with Gasteiger partial charge in [-0.1, -0.05) is 35.9 Å². The molecule has 0 saturated carbocycles. The molecule has 1 amide bonds. The second-order valence-corrected chi connectivity index (χ2v) is 13.3. The van der Waals surface area contributed by atoms with Gasteiger partial charge in [0, 0.05) is 67.9 Å². The number of nitriles is 1. The van der Waals surface area contributed by atoms with Gasteiger partial charge in [-0.3, -0.25) is 0 Å². The highest BCUT2D eigenvalue weighted by Crippen LogP contribution is 2.37. The molecule has 0 spiro atoms. The molecule has 3 aromatic rings. The van der Waals surface area contributed by atoms with Crippen LogP contribution in [0.4, 0.5) is 16.3 Å². The Morgan fingerprint density at radius 2 is 1.93 bits per heavy atom. The van der Waals surface area contributed by atoms with E-state index in [9.17, 15) is 10.1 Å². The van der Waals surface area contributed by atoms with E-state index in [-0.39, 0.29) is 18.1 Å². The van der Waals surface area contributed by atoms with E-state index in [0.29, 0.717) is 45.2 Å². The molecule has 11 heteroatoms. The van der Waals surface area contributed by atoms with Gasteiger partial charge in [0.2, 0.25) is 0 Å². The highest BCUT2D eigenvalue weighted by Gasteiger charge is 2.32. The summed E-state index contributed by atoms with van der Waals surface area (Å²) in [6.07, 6.45) is 1.77. The molecule has 1 aromatic heterocycles. The van der Waals surface area contributed by atoms with Gasteiger partial charge < -0.3 is 29.5 Å². The average molecular weight is 618 g/mol. The van der Waals surface area contributed by atoms with Crippen LogP contribution in [-0.4, -0.2) is 78.5 Å². The molecule has 0 aliphatic carbocycles. The van der Waals surface area contributed by atoms with Crippen LogP contribution in [0.5, 0.6) is 6.01 Å². The van der Waals surface area contributed by atoms with Crippen molar-refractivity contribution in [1.29, 1.82) is 5.26 Å². The second-order valence-electron chi connectivity index (χ2n) is 12.9. The van der Waals surface area contributed by atoms with E-state index < -0.39 is 5.60 Å². The lowest BCUT2D eigenvalue weighted by Crippen LogP contribution is -2.51. The first-order chi connectivity index (χ1) is 21.2. The minimum absolute atomic E-state index is 0.0824. The Morgan fingerprint density at radius 1 is 1.11 bits per heavy atom. The first kappa shape index (κ1) is 30.2. The van der Waals surface area contributed by atoms with E-state index >= 15 is 0 Å². The number of hydrogen-bond acceptors (Lipinski definition) is 9. The van der Waals surface area contributed by atoms with E-state index in [4.69, 9.17) is 31.0 Å². The van der Waals surface area contributed by atoms with Crippen LogP contribution in [0.15, 0.2) is 36.4 Å². The molecule has 3 aliphatic heterocycles. The quantitative estimate of drug-likeness (QED) is 0.401. The molecule has 0 bridgehead atoms. The number of halogens is 1. The number of carbonyl (C=O) groups excluding carboxylic acids is 1. The number of anilines is 2. The number of nitrogens with zero attached hydrogens (tertiary/aromatic N) is 6. The molecule has 44 heavy (non-hydrogen) atoms. The van der Waals surface area contributed by atoms with E-state index in [2.05, 4.69) is 45.5 Å². The fraction of sp³-hybridized carbons (Fsp3) is 0.515. The number of carbonyl (C=O) groups is 1. The summed E-state index contributed by atoms with van der Waals surface area (Å²) in [5.74, 6) is 1.06. The van der Waals surface area contributed by atoms with Crippen molar-refractivity contribution in [3.8, 4) is 12.1 Å². The normalized spacial score (nSPS) is 20.4. The maximum atomic E-state index is 12.6. The Hall–Kier alpha value is -3.81. The molecular weight excluding hydrogens is 578 g/mol. The maximum Gasteiger partial charge on any atom is 0.410 e. The molecule has 0 unspecified atom stereocenters. The zero-order chi connectivity index (χ0) is 30.8. The number of rotatable bonds is 6. The van der Waals surface area contributed by atoms with Crippen LogP contribution in [0.2, 0.25) is 5.02 Å². The number of ether oxygens (including phenoxy) is 2. The maximum absolute atomic E-state index is 12.6. The van der Waals surface area contributed by atoms with Crippen LogP contribution in [0.3, 0.4) is 0 Å². The summed E-state index contributed by atoms with van der Waals surface area (Å²) in [7, 11) is 0. The zero-order valence-electron chi connectivity index (χ0n) is 25.7. The van der Waals surface area contributed by atoms with Crippen LogP contribution < -0.4 is 19.9 Å². The lowest BCUT2D eigenvalue weighted by atomic mass is 10.0. The molecule has 1 N–H and O–H groups in total. The van der Waals surface area contributed by atoms with Gasteiger partial charge >= 0.3 is 12.1 Å². The van der Waals surface area contributed by atoms with Gasteiger partial charge in [0.05, 0.1) is 36.4 Å². The van der Waals surface area contributed by atoms with Crippen molar-refractivity contribution in [2.24, 2.45) is 5.92 Å². The van der Waals surface area contributed by atoms with Gasteiger partial charge in [0.25, 0.3) is 0 Å². The summed E-state index contributed by atoms with van der Waals surface area (Å²) in [6.45, 7) is 11.0. The van der Waals surface area contributed by atoms with Gasteiger partial charge in [-0.2, -0.15) is 15.2 Å². The molecule has 3 aliphatic rings. The van der Waals surface area contributed by atoms with E-state index in [1.165, 1.54) is 0 Å². The summed E-state index contributed by atoms with van der Waals surface area (Å²) >= 11 is 6.70. The molecular formula is C33H40ClN7O3. The lowest BCUT2D eigenvalue weighted by molar-refractivity contribution is 0.0284. The molecule has 2 saturated heterocycles. The number of hydrogen-bond donors (Lipinski definition) is 1. The van der Waals surface area contributed by atoms with Crippen LogP contribution in [-0.2, 0) is 17.7 Å². The molecule has 10 nitrogen and oxygen atoms in total. The van der Waals surface area contributed by atoms with Crippen LogP contribution >= 0.6 is 11.6 Å². The number of piperazine rings is 1. The van der Waals surface area contributed by atoms with Gasteiger partial charge in [0.1, 0.15) is 11.4 Å². The number of nitrogens with one attached hydrogen (secondary N) is 1. The Labute approximate surface area is 263 Å². The van der Waals surface area contributed by atoms with Crippen molar-refractivity contribution in [2.75, 3.05) is 55.7 Å². The third-order valence-corrected chi connectivity index (χ3v) is 8.79. The molecule has 4 heterocycles. The standard InChI is InChI=1S/C33H40ClN7O3/c1-33(2,3)44-32(42)41-15-11-22(18-41)21-43-31-37-27-20-39(28-9-5-7-23-6-4-8-26(34)29(23)28)16-12-25(27)30(38-31)40-17-14-36-24(19-40)10-13-35/h4-9,22,24,36H,10-12,14-21H2,1-3H3/t22-,24+/m1/s1. The number of benzene rings is 2. The Kier molecular flexibility index (Phi) is 8.70. The summed E-state index contributed by atoms with van der Waals surface area (Å²) in [4.78, 5) is 28.9. The minimum atomic E-state index is -0.527. The average Bonchev–Trinajstić information content (AvgIpc) is 3.48. The number of likely N-dealkylation sites (tertiary alicyclic amines) is 1. The number of aromatic nitrogens is 2. The van der Waals surface area contributed by atoms with E-state index in [0.717, 1.165) is 71.0 Å². The van der Waals surface area contributed by atoms with Crippen molar-refractivity contribution in [1.82, 2.24) is 20.2 Å². The van der Waals surface area contributed by atoms with Gasteiger partial charge in [0.15, 0.2) is 0 Å². The van der Waals surface area contributed by atoms with Gasteiger partial charge in [-0.05, 0) is 51.1 Å². The highest BCUT2D eigenvalue weighted by atomic mass is 35.5. The minimum Gasteiger partial charge on any atom is -0.463 e. The Balaban J connectivity index is 1.25. The van der Waals surface area contributed by atoms with Crippen molar-refractivity contribution in [2.45, 2.75) is 58.2 Å². The fourth-order valence-corrected chi connectivity index (χ4v) is 6.66. The topological polar surface area (TPSA) is 107 Å². The summed E-state index contributed by atoms with van der Waals surface area (Å²) < 4.78 is 11.8. The fourth-order valence-electron chi connectivity index (χ4n) is 6.38. The first-order valence-corrected chi connectivity index (χ1v) is 15.8. The van der Waals surface area contributed by atoms with Crippen LogP contribution in [0.1, 0.15) is 44.9 Å². The Bertz CT molecular complexity index is 1560. The largest absolute Gasteiger partial charge is 0.463 e. The first-order valence-electron chi connectivity index (χ1n) is 15.5. The number of amides is 1. The second kappa shape index (κ2) is 12.7. The van der Waals surface area contributed by atoms with Gasteiger partial charge in [-0.25, -0.2) is 4.79 Å². The lowest BCUT2D eigenvalue weighted by Gasteiger charge is -2.37. The summed E-state index contributed by atoms with van der Waals surface area (Å²) in [5.41, 5.74) is 2.64. The van der Waals surface area contributed by atoms with E-state index in [1.807, 2.05) is 32.9 Å². The smallest absolute Gasteiger partial charge is 0.410 e. The molecule has 2 atom stereocenters. The molecule has 2 fully saturated rings.